The summed E-state index contributed by atoms with van der Waals surface area (Å²) in [5.41, 5.74) is 0. The van der Waals surface area contributed by atoms with Gasteiger partial charge in [0.1, 0.15) is 0 Å². The molecule has 0 bridgehead atoms. The fraction of sp³-hybridized carbons (Fsp3) is 0.833. The number of amides is 1. The van der Waals surface area contributed by atoms with E-state index in [1.165, 1.54) is 6.42 Å². The first kappa shape index (κ1) is 13.0. The third-order valence-electron chi connectivity index (χ3n) is 3.62. The first-order chi connectivity index (χ1) is 7.50. The lowest BCUT2D eigenvalue weighted by molar-refractivity contribution is -0.139. The maximum absolute atomic E-state index is 11.5. The van der Waals surface area contributed by atoms with Gasteiger partial charge in [0.25, 0.3) is 0 Å². The lowest BCUT2D eigenvalue weighted by Gasteiger charge is -2.34. The van der Waals surface area contributed by atoms with E-state index in [4.69, 9.17) is 5.11 Å². The van der Waals surface area contributed by atoms with Gasteiger partial charge in [-0.15, -0.1) is 0 Å². The largest absolute Gasteiger partial charge is 0.481 e. The summed E-state index contributed by atoms with van der Waals surface area (Å²) in [6.45, 7) is 4.37. The summed E-state index contributed by atoms with van der Waals surface area (Å²) in [5.74, 6) is 0.0783. The van der Waals surface area contributed by atoms with Gasteiger partial charge in [-0.05, 0) is 18.3 Å². The average Bonchev–Trinajstić information content (AvgIpc) is 2.22. The average molecular weight is 227 g/mol. The maximum Gasteiger partial charge on any atom is 0.303 e. The zero-order valence-corrected chi connectivity index (χ0v) is 10.0. The van der Waals surface area contributed by atoms with Crippen LogP contribution in [-0.4, -0.2) is 23.0 Å². The lowest BCUT2D eigenvalue weighted by atomic mass is 9.78. The first-order valence-corrected chi connectivity index (χ1v) is 6.02. The van der Waals surface area contributed by atoms with Crippen molar-refractivity contribution in [3.63, 3.8) is 0 Å². The van der Waals surface area contributed by atoms with Crippen molar-refractivity contribution < 1.29 is 14.7 Å². The number of carbonyl (C=O) groups excluding carboxylic acids is 1. The van der Waals surface area contributed by atoms with Crippen molar-refractivity contribution in [1.82, 2.24) is 5.32 Å². The van der Waals surface area contributed by atoms with Crippen LogP contribution in [0.25, 0.3) is 0 Å². The number of hydrogen-bond donors (Lipinski definition) is 2. The molecule has 0 saturated heterocycles. The minimum atomic E-state index is -0.916. The molecule has 1 aliphatic carbocycles. The predicted octanol–water partition coefficient (Wildman–Crippen LogP) is 1.79. The Morgan fingerprint density at radius 3 is 2.56 bits per heavy atom. The number of carbonyl (C=O) groups is 2. The molecule has 92 valence electrons. The van der Waals surface area contributed by atoms with Crippen LogP contribution in [0.5, 0.6) is 0 Å². The predicted molar refractivity (Wildman–Crippen MR) is 61.0 cm³/mol. The topological polar surface area (TPSA) is 66.4 Å². The molecule has 1 aliphatic rings. The molecule has 16 heavy (non-hydrogen) atoms. The Hall–Kier alpha value is -1.06. The van der Waals surface area contributed by atoms with E-state index in [2.05, 4.69) is 19.2 Å². The van der Waals surface area contributed by atoms with Gasteiger partial charge >= 0.3 is 5.97 Å². The molecule has 3 atom stereocenters. The molecule has 4 heteroatoms. The molecule has 1 rings (SSSR count). The lowest BCUT2D eigenvalue weighted by Crippen LogP contribution is -2.43. The highest BCUT2D eigenvalue weighted by atomic mass is 16.4. The van der Waals surface area contributed by atoms with Gasteiger partial charge < -0.3 is 10.4 Å². The van der Waals surface area contributed by atoms with Crippen LogP contribution in [0.3, 0.4) is 0 Å². The molecule has 0 unspecified atom stereocenters. The van der Waals surface area contributed by atoms with Crippen molar-refractivity contribution in [3.8, 4) is 0 Å². The van der Waals surface area contributed by atoms with Crippen molar-refractivity contribution in [2.24, 2.45) is 11.8 Å². The number of nitrogens with one attached hydrogen (secondary N) is 1. The third kappa shape index (κ3) is 3.83. The number of aliphatic carboxylic acids is 1. The minimum Gasteiger partial charge on any atom is -0.481 e. The van der Waals surface area contributed by atoms with Gasteiger partial charge in [-0.3, -0.25) is 9.59 Å². The maximum atomic E-state index is 11.5. The normalized spacial score (nSPS) is 29.8. The summed E-state index contributed by atoms with van der Waals surface area (Å²) in [5, 5.41) is 11.4. The van der Waals surface area contributed by atoms with E-state index in [1.54, 1.807) is 0 Å². The Balaban J connectivity index is 2.35. The van der Waals surface area contributed by atoms with Crippen LogP contribution in [0.15, 0.2) is 0 Å². The van der Waals surface area contributed by atoms with Crippen molar-refractivity contribution in [2.45, 2.75) is 52.0 Å². The number of carboxylic acids is 1. The number of carboxylic acid groups (broad SMARTS) is 1. The molecular formula is C12H21NO3. The molecule has 0 aromatic rings. The molecule has 1 saturated carbocycles. The SMILES string of the molecule is C[C@H]1[C@H](C)CCC[C@@H]1NC(=O)CCC(=O)O. The van der Waals surface area contributed by atoms with Crippen LogP contribution in [-0.2, 0) is 9.59 Å². The van der Waals surface area contributed by atoms with Crippen LogP contribution in [0.1, 0.15) is 46.0 Å². The number of hydrogen-bond acceptors (Lipinski definition) is 2. The molecule has 2 N–H and O–H groups in total. The fourth-order valence-electron chi connectivity index (χ4n) is 2.29. The van der Waals surface area contributed by atoms with Crippen molar-refractivity contribution in [2.75, 3.05) is 0 Å². The second-order valence-electron chi connectivity index (χ2n) is 4.84. The summed E-state index contributed by atoms with van der Waals surface area (Å²) in [7, 11) is 0. The van der Waals surface area contributed by atoms with Crippen LogP contribution < -0.4 is 5.32 Å². The smallest absolute Gasteiger partial charge is 0.303 e. The minimum absolute atomic E-state index is 0.0809. The van der Waals surface area contributed by atoms with E-state index in [0.717, 1.165) is 12.8 Å². The van der Waals surface area contributed by atoms with Gasteiger partial charge in [0.2, 0.25) is 5.91 Å². The number of rotatable bonds is 4. The third-order valence-corrected chi connectivity index (χ3v) is 3.62. The fourth-order valence-corrected chi connectivity index (χ4v) is 2.29. The zero-order valence-electron chi connectivity index (χ0n) is 10.0. The van der Waals surface area contributed by atoms with E-state index in [9.17, 15) is 9.59 Å². The molecule has 0 aliphatic heterocycles. The second kappa shape index (κ2) is 5.87. The molecule has 1 amide bonds. The monoisotopic (exact) mass is 227 g/mol. The van der Waals surface area contributed by atoms with Crippen LogP contribution >= 0.6 is 0 Å². The Labute approximate surface area is 96.4 Å². The highest BCUT2D eigenvalue weighted by molar-refractivity contribution is 5.80. The Morgan fingerprint density at radius 2 is 1.94 bits per heavy atom. The molecule has 0 spiro atoms. The van der Waals surface area contributed by atoms with E-state index in [1.807, 2.05) is 0 Å². The van der Waals surface area contributed by atoms with E-state index in [0.29, 0.717) is 11.8 Å². The summed E-state index contributed by atoms with van der Waals surface area (Å²) in [6, 6.07) is 0.227. The molecule has 4 nitrogen and oxygen atoms in total. The van der Waals surface area contributed by atoms with Gasteiger partial charge in [-0.25, -0.2) is 0 Å². The van der Waals surface area contributed by atoms with Gasteiger partial charge in [0, 0.05) is 12.5 Å². The van der Waals surface area contributed by atoms with Crippen LogP contribution in [0.2, 0.25) is 0 Å². The van der Waals surface area contributed by atoms with Gasteiger partial charge in [-0.1, -0.05) is 26.7 Å². The molecule has 1 fully saturated rings. The van der Waals surface area contributed by atoms with Crippen LogP contribution in [0.4, 0.5) is 0 Å². The summed E-state index contributed by atoms with van der Waals surface area (Å²) in [4.78, 5) is 21.8. The molecular weight excluding hydrogens is 206 g/mol. The molecule has 0 aromatic carbocycles. The van der Waals surface area contributed by atoms with E-state index >= 15 is 0 Å². The Morgan fingerprint density at radius 1 is 1.25 bits per heavy atom. The summed E-state index contributed by atoms with van der Waals surface area (Å²) >= 11 is 0. The summed E-state index contributed by atoms with van der Waals surface area (Å²) < 4.78 is 0. The Kier molecular flexibility index (Phi) is 4.77. The molecule has 0 radical (unpaired) electrons. The summed E-state index contributed by atoms with van der Waals surface area (Å²) in [6.07, 6.45) is 3.40. The van der Waals surface area contributed by atoms with E-state index in [-0.39, 0.29) is 24.8 Å². The van der Waals surface area contributed by atoms with Gasteiger partial charge in [0.05, 0.1) is 6.42 Å². The first-order valence-electron chi connectivity index (χ1n) is 6.02. The highest BCUT2D eigenvalue weighted by Crippen LogP contribution is 2.29. The second-order valence-corrected chi connectivity index (χ2v) is 4.84. The molecule has 0 heterocycles. The molecule has 0 aromatic heterocycles. The van der Waals surface area contributed by atoms with Crippen molar-refractivity contribution in [3.05, 3.63) is 0 Å². The Bertz CT molecular complexity index is 265. The zero-order chi connectivity index (χ0) is 12.1. The van der Waals surface area contributed by atoms with Crippen molar-refractivity contribution >= 4 is 11.9 Å². The van der Waals surface area contributed by atoms with Crippen LogP contribution in [0, 0.1) is 11.8 Å². The standard InChI is InChI=1S/C12H21NO3/c1-8-4-3-5-10(9(8)2)13-11(14)6-7-12(15)16/h8-10H,3-7H2,1-2H3,(H,13,14)(H,15,16)/t8-,9+,10+/m1/s1. The highest BCUT2D eigenvalue weighted by Gasteiger charge is 2.27. The van der Waals surface area contributed by atoms with Gasteiger partial charge in [0.15, 0.2) is 0 Å². The van der Waals surface area contributed by atoms with Gasteiger partial charge in [-0.2, -0.15) is 0 Å². The van der Waals surface area contributed by atoms with Crippen molar-refractivity contribution in [1.29, 1.82) is 0 Å². The van der Waals surface area contributed by atoms with E-state index < -0.39 is 5.97 Å². The quantitative estimate of drug-likeness (QED) is 0.769.